The van der Waals surface area contributed by atoms with Gasteiger partial charge in [0, 0.05) is 25.2 Å². The van der Waals surface area contributed by atoms with Crippen LogP contribution in [0.1, 0.15) is 26.0 Å². The highest BCUT2D eigenvalue weighted by molar-refractivity contribution is 7.90. The Morgan fingerprint density at radius 2 is 2.04 bits per heavy atom. The number of aliphatic hydroxyl groups is 2. The van der Waals surface area contributed by atoms with E-state index >= 15 is 0 Å². The number of hydrogen-bond acceptors (Lipinski definition) is 7. The lowest BCUT2D eigenvalue weighted by Gasteiger charge is -2.19. The summed E-state index contributed by atoms with van der Waals surface area (Å²) in [5.41, 5.74) is 0.810. The van der Waals surface area contributed by atoms with Crippen molar-refractivity contribution in [3.8, 4) is 0 Å². The average Bonchev–Trinajstić information content (AvgIpc) is 2.99. The van der Waals surface area contributed by atoms with E-state index in [-0.39, 0.29) is 5.92 Å². The van der Waals surface area contributed by atoms with Gasteiger partial charge in [-0.25, -0.2) is 13.1 Å². The quantitative estimate of drug-likeness (QED) is 0.556. The molecule has 1 aliphatic rings. The van der Waals surface area contributed by atoms with Crippen molar-refractivity contribution in [1.29, 1.82) is 0 Å². The van der Waals surface area contributed by atoms with Crippen LogP contribution in [-0.2, 0) is 23.1 Å². The molecule has 1 saturated carbocycles. The van der Waals surface area contributed by atoms with Crippen molar-refractivity contribution < 1.29 is 18.6 Å². The molecule has 1 heterocycles. The largest absolute Gasteiger partial charge is 0.390 e. The predicted octanol–water partition coefficient (Wildman–Crippen LogP) is -1.22. The molecular weight excluding hydrogens is 334 g/mol. The van der Waals surface area contributed by atoms with Crippen LogP contribution in [0.3, 0.4) is 0 Å². The number of sulfonamides is 1. The summed E-state index contributed by atoms with van der Waals surface area (Å²) in [6, 6.07) is -0.692. The summed E-state index contributed by atoms with van der Waals surface area (Å²) in [6.07, 6.45) is 0.00154. The maximum Gasteiger partial charge on any atom is 0.214 e. The van der Waals surface area contributed by atoms with E-state index in [0.717, 1.165) is 5.69 Å². The molecule has 0 unspecified atom stereocenters. The topological polar surface area (TPSA) is 121 Å². The molecule has 9 nitrogen and oxygen atoms in total. The monoisotopic (exact) mass is 361 g/mol. The van der Waals surface area contributed by atoms with Crippen molar-refractivity contribution in [3.05, 3.63) is 11.9 Å². The third-order valence-electron chi connectivity index (χ3n) is 4.22. The Hall–Kier alpha value is -1.07. The first kappa shape index (κ1) is 19.3. The van der Waals surface area contributed by atoms with Crippen molar-refractivity contribution >= 4 is 10.0 Å². The molecule has 0 amide bonds. The van der Waals surface area contributed by atoms with Crippen LogP contribution in [0.4, 0.5) is 0 Å². The highest BCUT2D eigenvalue weighted by Crippen LogP contribution is 2.29. The van der Waals surface area contributed by atoms with Gasteiger partial charge < -0.3 is 15.1 Å². The Bertz CT molecular complexity index is 645. The minimum atomic E-state index is -3.51. The summed E-state index contributed by atoms with van der Waals surface area (Å²) in [7, 11) is 0.359. The number of aromatic nitrogens is 3. The molecule has 0 aliphatic heterocycles. The van der Waals surface area contributed by atoms with E-state index in [0.29, 0.717) is 19.5 Å². The Balaban J connectivity index is 2.01. The first-order valence-electron chi connectivity index (χ1n) is 8.01. The first-order chi connectivity index (χ1) is 11.1. The van der Waals surface area contributed by atoms with Gasteiger partial charge in [0.15, 0.2) is 0 Å². The van der Waals surface area contributed by atoms with Gasteiger partial charge in [-0.05, 0) is 34.4 Å². The summed E-state index contributed by atoms with van der Waals surface area (Å²) in [5.74, 6) is -0.297. The van der Waals surface area contributed by atoms with Gasteiger partial charge in [-0.15, -0.1) is 5.10 Å². The zero-order valence-electron chi connectivity index (χ0n) is 14.5. The van der Waals surface area contributed by atoms with Gasteiger partial charge in [0.2, 0.25) is 10.0 Å². The van der Waals surface area contributed by atoms with E-state index in [1.54, 1.807) is 24.7 Å². The fourth-order valence-electron chi connectivity index (χ4n) is 2.83. The van der Waals surface area contributed by atoms with Gasteiger partial charge in [0.1, 0.15) is 0 Å². The van der Waals surface area contributed by atoms with Gasteiger partial charge in [-0.2, -0.15) is 0 Å². The smallest absolute Gasteiger partial charge is 0.214 e. The van der Waals surface area contributed by atoms with Crippen molar-refractivity contribution in [1.82, 2.24) is 24.6 Å². The number of nitrogens with zero attached hydrogens (tertiary/aromatic N) is 4. The van der Waals surface area contributed by atoms with Crippen LogP contribution in [0.2, 0.25) is 0 Å². The standard InChI is InChI=1S/C14H27N5O4S/c1-9(2)24(22,23)16-12-5-10(13(20)14(12)21)6-19-8-11(15-17-19)7-18(3)4/h8-10,12-14,16,20-21H,5-7H2,1-4H3/t10-,12-,13-,14+/m1/s1. The lowest BCUT2D eigenvalue weighted by atomic mass is 10.1. The maximum atomic E-state index is 12.0. The highest BCUT2D eigenvalue weighted by Gasteiger charge is 2.43. The lowest BCUT2D eigenvalue weighted by molar-refractivity contribution is 0.00970. The molecule has 1 aromatic heterocycles. The summed E-state index contributed by atoms with van der Waals surface area (Å²) in [4.78, 5) is 1.97. The van der Waals surface area contributed by atoms with Gasteiger partial charge in [0.25, 0.3) is 0 Å². The molecule has 0 spiro atoms. The third-order valence-corrected chi connectivity index (χ3v) is 6.10. The van der Waals surface area contributed by atoms with Crippen molar-refractivity contribution in [2.75, 3.05) is 14.1 Å². The molecular formula is C14H27N5O4S. The number of nitrogens with one attached hydrogen (secondary N) is 1. The molecule has 0 radical (unpaired) electrons. The fraction of sp³-hybridized carbons (Fsp3) is 0.857. The molecule has 4 atom stereocenters. The second kappa shape index (κ2) is 7.44. The van der Waals surface area contributed by atoms with Crippen LogP contribution in [0.5, 0.6) is 0 Å². The van der Waals surface area contributed by atoms with E-state index in [1.807, 2.05) is 19.0 Å². The molecule has 1 fully saturated rings. The summed E-state index contributed by atoms with van der Waals surface area (Å²) >= 11 is 0. The Morgan fingerprint density at radius 1 is 1.38 bits per heavy atom. The minimum absolute atomic E-state index is 0.297. The molecule has 138 valence electrons. The molecule has 10 heteroatoms. The average molecular weight is 361 g/mol. The summed E-state index contributed by atoms with van der Waals surface area (Å²) in [5, 5.41) is 27.9. The van der Waals surface area contributed by atoms with E-state index in [1.165, 1.54) is 0 Å². The van der Waals surface area contributed by atoms with Crippen molar-refractivity contribution in [3.63, 3.8) is 0 Å². The SMILES string of the molecule is CC(C)S(=O)(=O)N[C@@H]1C[C@H](Cn2cc(CN(C)C)nn2)[C@@H](O)[C@H]1O. The number of rotatable bonds is 7. The molecule has 0 saturated heterocycles. The normalized spacial score (nSPS) is 28.2. The summed E-state index contributed by atoms with van der Waals surface area (Å²) < 4.78 is 28.1. The van der Waals surface area contributed by atoms with E-state index in [2.05, 4.69) is 15.0 Å². The van der Waals surface area contributed by atoms with Gasteiger partial charge >= 0.3 is 0 Å². The Kier molecular flexibility index (Phi) is 5.97. The minimum Gasteiger partial charge on any atom is -0.390 e. The zero-order valence-corrected chi connectivity index (χ0v) is 15.3. The predicted molar refractivity (Wildman–Crippen MR) is 88.5 cm³/mol. The van der Waals surface area contributed by atoms with Crippen LogP contribution in [0.25, 0.3) is 0 Å². The second-order valence-corrected chi connectivity index (χ2v) is 9.23. The van der Waals surface area contributed by atoms with E-state index in [9.17, 15) is 18.6 Å². The molecule has 1 aromatic rings. The first-order valence-corrected chi connectivity index (χ1v) is 9.55. The van der Waals surface area contributed by atoms with E-state index in [4.69, 9.17) is 0 Å². The fourth-order valence-corrected chi connectivity index (χ4v) is 3.76. The van der Waals surface area contributed by atoms with Gasteiger partial charge in [-0.3, -0.25) is 4.68 Å². The van der Waals surface area contributed by atoms with E-state index < -0.39 is 33.5 Å². The molecule has 0 aromatic carbocycles. The van der Waals surface area contributed by atoms with Crippen molar-refractivity contribution in [2.45, 2.75) is 56.9 Å². The molecule has 24 heavy (non-hydrogen) atoms. The van der Waals surface area contributed by atoms with Crippen LogP contribution in [0, 0.1) is 5.92 Å². The maximum absolute atomic E-state index is 12.0. The van der Waals surface area contributed by atoms with Gasteiger partial charge in [0.05, 0.1) is 29.2 Å². The third kappa shape index (κ3) is 4.51. The Morgan fingerprint density at radius 3 is 2.62 bits per heavy atom. The molecule has 2 rings (SSSR count). The molecule has 1 aliphatic carbocycles. The van der Waals surface area contributed by atoms with Crippen LogP contribution in [0.15, 0.2) is 6.20 Å². The Labute approximate surface area is 142 Å². The zero-order chi connectivity index (χ0) is 18.1. The second-order valence-electron chi connectivity index (χ2n) is 6.96. The van der Waals surface area contributed by atoms with Gasteiger partial charge in [-0.1, -0.05) is 5.21 Å². The van der Waals surface area contributed by atoms with Crippen LogP contribution < -0.4 is 4.72 Å². The lowest BCUT2D eigenvalue weighted by Crippen LogP contribution is -2.45. The van der Waals surface area contributed by atoms with Crippen LogP contribution >= 0.6 is 0 Å². The molecule has 3 N–H and O–H groups in total. The summed E-state index contributed by atoms with van der Waals surface area (Å²) in [6.45, 7) is 4.17. The molecule has 0 bridgehead atoms. The van der Waals surface area contributed by atoms with Crippen molar-refractivity contribution in [2.24, 2.45) is 5.92 Å². The van der Waals surface area contributed by atoms with Crippen LogP contribution in [-0.4, -0.2) is 76.1 Å². The highest BCUT2D eigenvalue weighted by atomic mass is 32.2. The number of hydrogen-bond donors (Lipinski definition) is 3. The number of aliphatic hydroxyl groups excluding tert-OH is 2.